The van der Waals surface area contributed by atoms with Gasteiger partial charge < -0.3 is 15.3 Å². The molecule has 0 unspecified atom stereocenters. The van der Waals surface area contributed by atoms with Crippen LogP contribution in [0.1, 0.15) is 13.3 Å². The molecule has 0 saturated heterocycles. The summed E-state index contributed by atoms with van der Waals surface area (Å²) in [5, 5.41) is 25.5. The van der Waals surface area contributed by atoms with Gasteiger partial charge in [-0.2, -0.15) is 0 Å². The third kappa shape index (κ3) is 3.69. The van der Waals surface area contributed by atoms with Gasteiger partial charge in [-0.3, -0.25) is 4.79 Å². The lowest BCUT2D eigenvalue weighted by molar-refractivity contribution is -0.150. The van der Waals surface area contributed by atoms with Crippen LogP contribution in [0.25, 0.3) is 0 Å². The van der Waals surface area contributed by atoms with Gasteiger partial charge in [0.05, 0.1) is 12.2 Å². The lowest BCUT2D eigenvalue weighted by Gasteiger charge is -2.10. The Bertz CT molecular complexity index is 162. The lowest BCUT2D eigenvalue weighted by Crippen LogP contribution is -2.28. The molecule has 64 valence electrons. The molecule has 0 fully saturated rings. The average Bonchev–Trinajstić information content (AvgIpc) is 1.87. The van der Waals surface area contributed by atoms with Crippen LogP contribution < -0.4 is 0 Å². The van der Waals surface area contributed by atoms with Gasteiger partial charge in [0, 0.05) is 6.42 Å². The summed E-state index contributed by atoms with van der Waals surface area (Å²) in [4.78, 5) is 20.3. The number of hydrogen-bond acceptors (Lipinski definition) is 4. The van der Waals surface area contributed by atoms with E-state index < -0.39 is 30.4 Å². The Morgan fingerprint density at radius 2 is 1.82 bits per heavy atom. The fourth-order valence-electron chi connectivity index (χ4n) is 0.448. The minimum atomic E-state index is -1.59. The molecular weight excluding hydrogens is 152 g/mol. The van der Waals surface area contributed by atoms with Crippen molar-refractivity contribution < 1.29 is 24.9 Å². The van der Waals surface area contributed by atoms with Gasteiger partial charge in [-0.1, -0.05) is 0 Å². The maximum atomic E-state index is 10.4. The fraction of sp³-hybridized carbons (Fsp3) is 0.667. The van der Waals surface area contributed by atoms with Crippen molar-refractivity contribution in [2.24, 2.45) is 0 Å². The maximum absolute atomic E-state index is 10.4. The Morgan fingerprint density at radius 3 is 2.09 bits per heavy atom. The predicted molar refractivity (Wildman–Crippen MR) is 34.9 cm³/mol. The Hall–Kier alpha value is -0.940. The zero-order valence-electron chi connectivity index (χ0n) is 6.02. The number of aliphatic hydroxyl groups excluding tert-OH is 2. The van der Waals surface area contributed by atoms with E-state index in [0.717, 1.165) is 0 Å². The number of carbonyl (C=O) groups excluding carboxylic acids is 1. The minimum Gasteiger partial charge on any atom is -0.475 e. The van der Waals surface area contributed by atoms with Crippen molar-refractivity contribution in [3.05, 3.63) is 0 Å². The number of aliphatic hydroxyl groups is 2. The zero-order chi connectivity index (χ0) is 9.02. The highest BCUT2D eigenvalue weighted by Gasteiger charge is 2.19. The van der Waals surface area contributed by atoms with Crippen LogP contribution in [-0.4, -0.2) is 39.3 Å². The molecule has 2 atom stereocenters. The van der Waals surface area contributed by atoms with Crippen LogP contribution in [0.4, 0.5) is 0 Å². The number of hydrogen-bond donors (Lipinski definition) is 3. The van der Waals surface area contributed by atoms with Crippen LogP contribution in [0.3, 0.4) is 0 Å². The molecule has 0 spiro atoms. The quantitative estimate of drug-likeness (QED) is 0.450. The summed E-state index contributed by atoms with van der Waals surface area (Å²) in [5.74, 6) is -2.69. The minimum absolute atomic E-state index is 0.549. The molecule has 0 bridgehead atoms. The Balaban J connectivity index is 3.85. The van der Waals surface area contributed by atoms with E-state index >= 15 is 0 Å². The highest BCUT2D eigenvalue weighted by atomic mass is 16.4. The van der Waals surface area contributed by atoms with Gasteiger partial charge in [-0.25, -0.2) is 4.79 Å². The molecule has 0 rings (SSSR count). The van der Waals surface area contributed by atoms with E-state index in [1.807, 2.05) is 0 Å². The van der Waals surface area contributed by atoms with E-state index in [1.54, 1.807) is 0 Å². The zero-order valence-corrected chi connectivity index (χ0v) is 6.02. The van der Waals surface area contributed by atoms with Crippen molar-refractivity contribution in [1.82, 2.24) is 0 Å². The molecule has 0 aliphatic rings. The molecule has 3 N–H and O–H groups in total. The fourth-order valence-corrected chi connectivity index (χ4v) is 0.448. The molecule has 0 aliphatic heterocycles. The Kier molecular flexibility index (Phi) is 3.70. The molecule has 0 aromatic carbocycles. The van der Waals surface area contributed by atoms with Crippen molar-refractivity contribution in [2.45, 2.75) is 25.6 Å². The van der Waals surface area contributed by atoms with Crippen LogP contribution in [0, 0.1) is 0 Å². The summed E-state index contributed by atoms with van der Waals surface area (Å²) in [6.07, 6.45) is -2.93. The van der Waals surface area contributed by atoms with Gasteiger partial charge in [0.25, 0.3) is 0 Å². The smallest absolute Gasteiger partial charge is 0.372 e. The molecule has 0 heterocycles. The number of carbonyl (C=O) groups is 2. The highest BCUT2D eigenvalue weighted by molar-refractivity contribution is 6.32. The SMILES string of the molecule is C[C@@H](O)[C@@H](O)CC(=O)C(=O)O. The number of ketones is 1. The lowest BCUT2D eigenvalue weighted by atomic mass is 10.1. The summed E-state index contributed by atoms with van der Waals surface area (Å²) < 4.78 is 0. The second-order valence-electron chi connectivity index (χ2n) is 2.24. The van der Waals surface area contributed by atoms with Crippen LogP contribution in [0.2, 0.25) is 0 Å². The summed E-state index contributed by atoms with van der Waals surface area (Å²) in [5.41, 5.74) is 0. The normalized spacial score (nSPS) is 15.5. The van der Waals surface area contributed by atoms with Gasteiger partial charge in [-0.15, -0.1) is 0 Å². The topological polar surface area (TPSA) is 94.8 Å². The molecular formula is C6H10O5. The molecule has 0 amide bonds. The van der Waals surface area contributed by atoms with E-state index in [9.17, 15) is 9.59 Å². The van der Waals surface area contributed by atoms with Gasteiger partial charge >= 0.3 is 5.97 Å². The van der Waals surface area contributed by atoms with Crippen molar-refractivity contribution in [1.29, 1.82) is 0 Å². The van der Waals surface area contributed by atoms with E-state index in [-0.39, 0.29) is 0 Å². The summed E-state index contributed by atoms with van der Waals surface area (Å²) >= 11 is 0. The molecule has 0 radical (unpaired) electrons. The number of aliphatic carboxylic acids is 1. The van der Waals surface area contributed by atoms with Crippen molar-refractivity contribution in [3.8, 4) is 0 Å². The van der Waals surface area contributed by atoms with E-state index in [2.05, 4.69) is 0 Å². The number of rotatable bonds is 4. The average molecular weight is 162 g/mol. The number of carboxylic acid groups (broad SMARTS) is 1. The van der Waals surface area contributed by atoms with Gasteiger partial charge in [-0.05, 0) is 6.92 Å². The first-order valence-corrected chi connectivity index (χ1v) is 3.07. The molecule has 0 aliphatic carbocycles. The molecule has 11 heavy (non-hydrogen) atoms. The summed E-state index contributed by atoms with van der Waals surface area (Å²) in [6.45, 7) is 1.28. The number of carboxylic acids is 1. The maximum Gasteiger partial charge on any atom is 0.372 e. The summed E-state index contributed by atoms with van der Waals surface area (Å²) in [6, 6.07) is 0. The standard InChI is InChI=1S/C6H10O5/c1-3(7)4(8)2-5(9)6(10)11/h3-4,7-8H,2H2,1H3,(H,10,11)/t3-,4+/m1/s1. The third-order valence-corrected chi connectivity index (χ3v) is 1.19. The number of Topliss-reactive ketones (excluding diaryl/α,β-unsaturated/α-hetero) is 1. The van der Waals surface area contributed by atoms with E-state index in [1.165, 1.54) is 6.92 Å². The predicted octanol–water partition coefficient (Wildman–Crippen LogP) is -1.23. The first-order chi connectivity index (χ1) is 4.95. The molecule has 0 aromatic heterocycles. The summed E-state index contributed by atoms with van der Waals surface area (Å²) in [7, 11) is 0. The van der Waals surface area contributed by atoms with E-state index in [0.29, 0.717) is 0 Å². The van der Waals surface area contributed by atoms with Crippen molar-refractivity contribution in [2.75, 3.05) is 0 Å². The third-order valence-electron chi connectivity index (χ3n) is 1.19. The van der Waals surface area contributed by atoms with Crippen LogP contribution >= 0.6 is 0 Å². The largest absolute Gasteiger partial charge is 0.475 e. The Labute approximate surface area is 63.3 Å². The second kappa shape index (κ2) is 4.05. The van der Waals surface area contributed by atoms with Crippen molar-refractivity contribution in [3.63, 3.8) is 0 Å². The monoisotopic (exact) mass is 162 g/mol. The Morgan fingerprint density at radius 1 is 1.36 bits per heavy atom. The van der Waals surface area contributed by atoms with Crippen molar-refractivity contribution >= 4 is 11.8 Å². The highest BCUT2D eigenvalue weighted by Crippen LogP contribution is 1.98. The molecule has 0 aromatic rings. The van der Waals surface area contributed by atoms with Crippen LogP contribution in [-0.2, 0) is 9.59 Å². The molecule has 5 nitrogen and oxygen atoms in total. The first kappa shape index (κ1) is 10.1. The van der Waals surface area contributed by atoms with Crippen LogP contribution in [0.15, 0.2) is 0 Å². The van der Waals surface area contributed by atoms with Crippen LogP contribution in [0.5, 0.6) is 0 Å². The van der Waals surface area contributed by atoms with E-state index in [4.69, 9.17) is 15.3 Å². The molecule has 5 heteroatoms. The van der Waals surface area contributed by atoms with Gasteiger partial charge in [0.2, 0.25) is 5.78 Å². The second-order valence-corrected chi connectivity index (χ2v) is 2.24. The first-order valence-electron chi connectivity index (χ1n) is 3.07. The van der Waals surface area contributed by atoms with Gasteiger partial charge in [0.1, 0.15) is 0 Å². The van der Waals surface area contributed by atoms with Gasteiger partial charge in [0.15, 0.2) is 0 Å². The molecule has 0 saturated carbocycles.